The lowest BCUT2D eigenvalue weighted by Gasteiger charge is -2.22. The van der Waals surface area contributed by atoms with Gasteiger partial charge in [-0.25, -0.2) is 0 Å². The van der Waals surface area contributed by atoms with Crippen LogP contribution in [0.2, 0.25) is 0 Å². The molecule has 418 valence electrons. The van der Waals surface area contributed by atoms with Gasteiger partial charge in [-0.1, -0.05) is 353 Å². The number of hydrogen-bond donors (Lipinski definition) is 3. The standard InChI is InChI=1S/C66H131NO3/c1-3-5-7-9-11-13-15-17-19-21-23-25-27-29-31-32-33-34-36-38-40-42-44-46-48-50-52-54-56-58-60-62-66(70)67-64(63-68)65(69)61-59-57-55-53-51-49-47-45-43-41-39-37-35-30-28-26-24-22-20-18-16-14-12-10-8-6-4-2/h21,23,64-65,68-69H,3-20,22,24-63H2,1-2H3,(H,67,70)/b23-21-. The van der Waals surface area contributed by atoms with Crippen LogP contribution in [-0.4, -0.2) is 34.9 Å². The van der Waals surface area contributed by atoms with Crippen LogP contribution in [0.1, 0.15) is 386 Å². The average Bonchev–Trinajstić information content (AvgIpc) is 3.36. The van der Waals surface area contributed by atoms with Crippen LogP contribution >= 0.6 is 0 Å². The van der Waals surface area contributed by atoms with E-state index < -0.39 is 12.1 Å². The second-order valence-electron chi connectivity index (χ2n) is 22.9. The highest BCUT2D eigenvalue weighted by Gasteiger charge is 2.20. The van der Waals surface area contributed by atoms with Gasteiger partial charge in [0, 0.05) is 6.42 Å². The van der Waals surface area contributed by atoms with E-state index in [-0.39, 0.29) is 12.5 Å². The molecule has 0 radical (unpaired) electrons. The van der Waals surface area contributed by atoms with Crippen molar-refractivity contribution in [2.45, 2.75) is 398 Å². The maximum Gasteiger partial charge on any atom is 0.220 e. The molecule has 0 saturated heterocycles. The second-order valence-corrected chi connectivity index (χ2v) is 22.9. The molecule has 0 spiro atoms. The summed E-state index contributed by atoms with van der Waals surface area (Å²) < 4.78 is 0. The van der Waals surface area contributed by atoms with Crippen molar-refractivity contribution in [3.63, 3.8) is 0 Å². The van der Waals surface area contributed by atoms with Crippen LogP contribution in [0.3, 0.4) is 0 Å². The molecule has 0 fully saturated rings. The number of hydrogen-bond acceptors (Lipinski definition) is 3. The Morgan fingerprint density at radius 3 is 0.786 bits per heavy atom. The van der Waals surface area contributed by atoms with Crippen molar-refractivity contribution in [2.24, 2.45) is 0 Å². The molecule has 4 heteroatoms. The van der Waals surface area contributed by atoms with Gasteiger partial charge >= 0.3 is 0 Å². The van der Waals surface area contributed by atoms with Crippen LogP contribution < -0.4 is 5.32 Å². The number of nitrogens with one attached hydrogen (secondary N) is 1. The van der Waals surface area contributed by atoms with Gasteiger partial charge in [-0.15, -0.1) is 0 Å². The van der Waals surface area contributed by atoms with E-state index >= 15 is 0 Å². The highest BCUT2D eigenvalue weighted by Crippen LogP contribution is 2.19. The van der Waals surface area contributed by atoms with E-state index in [1.807, 2.05) is 0 Å². The highest BCUT2D eigenvalue weighted by atomic mass is 16.3. The quantitative estimate of drug-likeness (QED) is 0.0420. The summed E-state index contributed by atoms with van der Waals surface area (Å²) in [6.07, 6.45) is 82.5. The Balaban J connectivity index is 3.38. The number of carbonyl (C=O) groups is 1. The van der Waals surface area contributed by atoms with Crippen LogP contribution in [0.25, 0.3) is 0 Å². The number of rotatable bonds is 62. The maximum atomic E-state index is 12.5. The van der Waals surface area contributed by atoms with Crippen molar-refractivity contribution in [1.82, 2.24) is 5.32 Å². The van der Waals surface area contributed by atoms with Crippen LogP contribution in [-0.2, 0) is 4.79 Å². The summed E-state index contributed by atoms with van der Waals surface area (Å²) in [4.78, 5) is 12.5. The van der Waals surface area contributed by atoms with Crippen LogP contribution in [0.5, 0.6) is 0 Å². The molecule has 70 heavy (non-hydrogen) atoms. The third-order valence-corrected chi connectivity index (χ3v) is 15.8. The van der Waals surface area contributed by atoms with Crippen LogP contribution in [0.4, 0.5) is 0 Å². The zero-order valence-electron chi connectivity index (χ0n) is 48.3. The van der Waals surface area contributed by atoms with Gasteiger partial charge in [-0.05, 0) is 38.5 Å². The Bertz CT molecular complexity index is 982. The first-order valence-electron chi connectivity index (χ1n) is 32.9. The molecule has 2 atom stereocenters. The first-order valence-corrected chi connectivity index (χ1v) is 32.9. The minimum Gasteiger partial charge on any atom is -0.394 e. The van der Waals surface area contributed by atoms with Crippen LogP contribution in [0.15, 0.2) is 12.2 Å². The maximum absolute atomic E-state index is 12.5. The molecule has 0 aromatic carbocycles. The number of unbranched alkanes of at least 4 members (excludes halogenated alkanes) is 53. The fraction of sp³-hybridized carbons (Fsp3) is 0.955. The van der Waals surface area contributed by atoms with Crippen molar-refractivity contribution in [2.75, 3.05) is 6.61 Å². The van der Waals surface area contributed by atoms with Crippen molar-refractivity contribution in [1.29, 1.82) is 0 Å². The number of aliphatic hydroxyl groups excluding tert-OH is 2. The molecule has 1 amide bonds. The van der Waals surface area contributed by atoms with Crippen molar-refractivity contribution >= 4 is 5.91 Å². The molecule has 4 nitrogen and oxygen atoms in total. The molecule has 0 aromatic rings. The monoisotopic (exact) mass is 986 g/mol. The number of carbonyl (C=O) groups excluding carboxylic acids is 1. The number of aliphatic hydroxyl groups is 2. The lowest BCUT2D eigenvalue weighted by molar-refractivity contribution is -0.123. The average molecular weight is 987 g/mol. The third kappa shape index (κ3) is 58.0. The highest BCUT2D eigenvalue weighted by molar-refractivity contribution is 5.76. The SMILES string of the molecule is CCCCCCCCCC/C=C\CCCCCCCCCCCCCCCCCCCCCC(=O)NC(CO)C(O)CCCCCCCCCCCCCCCCCCCCCCCCCCCCC. The van der Waals surface area contributed by atoms with Gasteiger partial charge in [0.2, 0.25) is 5.91 Å². The molecule has 3 N–H and O–H groups in total. The molecule has 0 rings (SSSR count). The van der Waals surface area contributed by atoms with Crippen molar-refractivity contribution in [3.8, 4) is 0 Å². The summed E-state index contributed by atoms with van der Waals surface area (Å²) in [6, 6.07) is -0.534. The van der Waals surface area contributed by atoms with Gasteiger partial charge in [-0.3, -0.25) is 4.79 Å². The van der Waals surface area contributed by atoms with E-state index in [1.54, 1.807) is 0 Å². The zero-order chi connectivity index (χ0) is 50.6. The van der Waals surface area contributed by atoms with Crippen LogP contribution in [0, 0.1) is 0 Å². The Hall–Kier alpha value is -0.870. The zero-order valence-corrected chi connectivity index (χ0v) is 48.3. The van der Waals surface area contributed by atoms with E-state index in [9.17, 15) is 15.0 Å². The molecular formula is C66H131NO3. The van der Waals surface area contributed by atoms with E-state index in [1.165, 1.54) is 334 Å². The molecule has 0 saturated carbocycles. The molecule has 0 bridgehead atoms. The number of allylic oxidation sites excluding steroid dienone is 2. The predicted octanol–water partition coefficient (Wildman–Crippen LogP) is 22.0. The minimum absolute atomic E-state index is 0.0215. The lowest BCUT2D eigenvalue weighted by Crippen LogP contribution is -2.45. The number of amides is 1. The summed E-state index contributed by atoms with van der Waals surface area (Å²) in [6.45, 7) is 4.41. The molecule has 2 unspecified atom stereocenters. The summed E-state index contributed by atoms with van der Waals surface area (Å²) in [5.74, 6) is -0.0215. The van der Waals surface area contributed by atoms with Gasteiger partial charge in [-0.2, -0.15) is 0 Å². The Kier molecular flexibility index (Phi) is 61.6. The molecule has 0 heterocycles. The van der Waals surface area contributed by atoms with Gasteiger partial charge in [0.1, 0.15) is 0 Å². The first-order chi connectivity index (χ1) is 34.7. The van der Waals surface area contributed by atoms with Gasteiger partial charge in [0.15, 0.2) is 0 Å². The predicted molar refractivity (Wildman–Crippen MR) is 313 cm³/mol. The molecule has 0 aliphatic carbocycles. The van der Waals surface area contributed by atoms with Gasteiger partial charge < -0.3 is 15.5 Å². The van der Waals surface area contributed by atoms with E-state index in [0.717, 1.165) is 25.7 Å². The summed E-state index contributed by atoms with van der Waals surface area (Å²) >= 11 is 0. The first kappa shape index (κ1) is 69.1. The van der Waals surface area contributed by atoms with Gasteiger partial charge in [0.25, 0.3) is 0 Å². The topological polar surface area (TPSA) is 69.6 Å². The van der Waals surface area contributed by atoms with Crippen molar-refractivity contribution < 1.29 is 15.0 Å². The minimum atomic E-state index is -0.657. The fourth-order valence-corrected chi connectivity index (χ4v) is 10.8. The summed E-state index contributed by atoms with van der Waals surface area (Å²) in [5.41, 5.74) is 0. The Morgan fingerprint density at radius 1 is 0.329 bits per heavy atom. The Labute approximate surface area is 441 Å². The Morgan fingerprint density at radius 2 is 0.543 bits per heavy atom. The smallest absolute Gasteiger partial charge is 0.220 e. The van der Waals surface area contributed by atoms with Crippen molar-refractivity contribution in [3.05, 3.63) is 12.2 Å². The van der Waals surface area contributed by atoms with E-state index in [2.05, 4.69) is 31.3 Å². The lowest BCUT2D eigenvalue weighted by atomic mass is 10.0. The summed E-state index contributed by atoms with van der Waals surface area (Å²) in [7, 11) is 0. The van der Waals surface area contributed by atoms with Gasteiger partial charge in [0.05, 0.1) is 18.8 Å². The second kappa shape index (κ2) is 62.4. The molecular weight excluding hydrogens is 855 g/mol. The molecule has 0 aliphatic rings. The van der Waals surface area contributed by atoms with E-state index in [4.69, 9.17) is 0 Å². The third-order valence-electron chi connectivity index (χ3n) is 15.8. The normalized spacial score (nSPS) is 12.7. The molecule has 0 aromatic heterocycles. The largest absolute Gasteiger partial charge is 0.394 e. The van der Waals surface area contributed by atoms with E-state index in [0.29, 0.717) is 12.8 Å². The summed E-state index contributed by atoms with van der Waals surface area (Å²) in [5, 5.41) is 23.4. The molecule has 0 aliphatic heterocycles. The fourth-order valence-electron chi connectivity index (χ4n) is 10.8.